The first kappa shape index (κ1) is 5.65. The van der Waals surface area contributed by atoms with Gasteiger partial charge in [-0.1, -0.05) is 0 Å². The minimum absolute atomic E-state index is 0.505. The van der Waals surface area contributed by atoms with E-state index in [9.17, 15) is 0 Å². The summed E-state index contributed by atoms with van der Waals surface area (Å²) in [6.07, 6.45) is 1.26. The number of rotatable bonds is 0. The summed E-state index contributed by atoms with van der Waals surface area (Å²) < 4.78 is 0. The Balaban J connectivity index is 1.93. The molecule has 0 aromatic rings. The number of hydroxylamine groups is 1. The van der Waals surface area contributed by atoms with Crippen LogP contribution >= 0.6 is 0 Å². The molecule has 0 bridgehead atoms. The standard InChI is InChI=1S/C6H12N2O/c1-2-8-9-5-6(1)3-7-4-6/h7-8H,1-5H2. The quantitative estimate of drug-likeness (QED) is 0.461. The molecule has 0 aliphatic carbocycles. The highest BCUT2D eigenvalue weighted by atomic mass is 16.6. The molecule has 2 heterocycles. The minimum atomic E-state index is 0.505. The molecule has 2 aliphatic rings. The monoisotopic (exact) mass is 128 g/mol. The van der Waals surface area contributed by atoms with E-state index in [0.717, 1.165) is 26.2 Å². The Bertz CT molecular complexity index is 104. The minimum Gasteiger partial charge on any atom is -0.315 e. The van der Waals surface area contributed by atoms with Gasteiger partial charge in [-0.2, -0.15) is 0 Å². The van der Waals surface area contributed by atoms with Crippen LogP contribution in [0.25, 0.3) is 0 Å². The molecule has 3 heteroatoms. The van der Waals surface area contributed by atoms with Crippen molar-refractivity contribution in [3.8, 4) is 0 Å². The maximum absolute atomic E-state index is 5.14. The lowest BCUT2D eigenvalue weighted by atomic mass is 9.79. The van der Waals surface area contributed by atoms with E-state index >= 15 is 0 Å². The van der Waals surface area contributed by atoms with Crippen LogP contribution in [0.5, 0.6) is 0 Å². The first-order valence-corrected chi connectivity index (χ1v) is 3.47. The van der Waals surface area contributed by atoms with Crippen molar-refractivity contribution in [3.05, 3.63) is 0 Å². The Morgan fingerprint density at radius 3 is 2.56 bits per heavy atom. The molecule has 9 heavy (non-hydrogen) atoms. The molecular formula is C6H12N2O. The molecule has 0 aromatic carbocycles. The van der Waals surface area contributed by atoms with Crippen LogP contribution in [-0.4, -0.2) is 26.2 Å². The van der Waals surface area contributed by atoms with Gasteiger partial charge in [-0.25, -0.2) is 5.48 Å². The molecule has 0 amide bonds. The zero-order valence-electron chi connectivity index (χ0n) is 5.44. The molecular weight excluding hydrogens is 116 g/mol. The summed E-state index contributed by atoms with van der Waals surface area (Å²) in [5, 5.41) is 3.26. The fraction of sp³-hybridized carbons (Fsp3) is 1.00. The molecule has 0 atom stereocenters. The van der Waals surface area contributed by atoms with Crippen LogP contribution in [0.1, 0.15) is 6.42 Å². The van der Waals surface area contributed by atoms with E-state index in [2.05, 4.69) is 10.8 Å². The summed E-state index contributed by atoms with van der Waals surface area (Å²) in [5.41, 5.74) is 3.39. The van der Waals surface area contributed by atoms with E-state index in [4.69, 9.17) is 4.84 Å². The van der Waals surface area contributed by atoms with Crippen LogP contribution in [-0.2, 0) is 4.84 Å². The van der Waals surface area contributed by atoms with Crippen molar-refractivity contribution in [1.29, 1.82) is 0 Å². The zero-order valence-corrected chi connectivity index (χ0v) is 5.44. The predicted molar refractivity (Wildman–Crippen MR) is 33.9 cm³/mol. The van der Waals surface area contributed by atoms with E-state index in [0.29, 0.717) is 5.41 Å². The first-order chi connectivity index (χ1) is 4.41. The van der Waals surface area contributed by atoms with Crippen LogP contribution < -0.4 is 10.8 Å². The van der Waals surface area contributed by atoms with E-state index in [-0.39, 0.29) is 0 Å². The maximum Gasteiger partial charge on any atom is 0.0763 e. The average molecular weight is 128 g/mol. The lowest BCUT2D eigenvalue weighted by Gasteiger charge is -2.44. The molecule has 2 fully saturated rings. The normalized spacial score (nSPS) is 32.0. The fourth-order valence-corrected chi connectivity index (χ4v) is 1.42. The summed E-state index contributed by atoms with van der Waals surface area (Å²) in [6, 6.07) is 0. The van der Waals surface area contributed by atoms with Gasteiger partial charge in [0.1, 0.15) is 0 Å². The number of nitrogens with one attached hydrogen (secondary N) is 2. The molecule has 0 saturated carbocycles. The fourth-order valence-electron chi connectivity index (χ4n) is 1.42. The van der Waals surface area contributed by atoms with E-state index < -0.39 is 0 Å². The second-order valence-corrected chi connectivity index (χ2v) is 3.04. The summed E-state index contributed by atoms with van der Waals surface area (Å²) >= 11 is 0. The maximum atomic E-state index is 5.14. The Morgan fingerprint density at radius 1 is 1.33 bits per heavy atom. The largest absolute Gasteiger partial charge is 0.315 e. The number of hydrogen-bond acceptors (Lipinski definition) is 3. The van der Waals surface area contributed by atoms with Gasteiger partial charge >= 0.3 is 0 Å². The molecule has 52 valence electrons. The Hall–Kier alpha value is -0.120. The molecule has 2 saturated heterocycles. The van der Waals surface area contributed by atoms with Crippen molar-refractivity contribution in [2.75, 3.05) is 26.2 Å². The molecule has 0 unspecified atom stereocenters. The molecule has 2 aliphatic heterocycles. The summed E-state index contributed by atoms with van der Waals surface area (Å²) in [7, 11) is 0. The van der Waals surface area contributed by atoms with Gasteiger partial charge in [-0.15, -0.1) is 0 Å². The molecule has 3 nitrogen and oxygen atoms in total. The van der Waals surface area contributed by atoms with Crippen LogP contribution in [0.3, 0.4) is 0 Å². The highest BCUT2D eigenvalue weighted by Gasteiger charge is 2.38. The summed E-state index contributed by atoms with van der Waals surface area (Å²) in [5.74, 6) is 0. The Kier molecular flexibility index (Phi) is 1.22. The lowest BCUT2D eigenvalue weighted by molar-refractivity contribution is -0.0855. The van der Waals surface area contributed by atoms with Gasteiger partial charge < -0.3 is 10.2 Å². The van der Waals surface area contributed by atoms with Gasteiger partial charge in [-0.3, -0.25) is 0 Å². The van der Waals surface area contributed by atoms with E-state index in [1.165, 1.54) is 6.42 Å². The molecule has 1 spiro atoms. The van der Waals surface area contributed by atoms with Crippen LogP contribution in [0.4, 0.5) is 0 Å². The van der Waals surface area contributed by atoms with Crippen molar-refractivity contribution in [2.45, 2.75) is 6.42 Å². The third kappa shape index (κ3) is 0.852. The van der Waals surface area contributed by atoms with Gasteiger partial charge in [0.25, 0.3) is 0 Å². The lowest BCUT2D eigenvalue weighted by Crippen LogP contribution is -2.59. The van der Waals surface area contributed by atoms with Crippen molar-refractivity contribution < 1.29 is 4.84 Å². The van der Waals surface area contributed by atoms with E-state index in [1.54, 1.807) is 0 Å². The zero-order chi connectivity index (χ0) is 6.16. The van der Waals surface area contributed by atoms with Crippen molar-refractivity contribution in [2.24, 2.45) is 5.41 Å². The summed E-state index contributed by atoms with van der Waals surface area (Å²) in [6.45, 7) is 4.20. The van der Waals surface area contributed by atoms with Crippen molar-refractivity contribution in [1.82, 2.24) is 10.8 Å². The smallest absolute Gasteiger partial charge is 0.0763 e. The second kappa shape index (κ2) is 1.94. The topological polar surface area (TPSA) is 33.3 Å². The second-order valence-electron chi connectivity index (χ2n) is 3.04. The number of hydrogen-bond donors (Lipinski definition) is 2. The van der Waals surface area contributed by atoms with Crippen LogP contribution in [0, 0.1) is 5.41 Å². The Labute approximate surface area is 54.7 Å². The van der Waals surface area contributed by atoms with Crippen molar-refractivity contribution in [3.63, 3.8) is 0 Å². The van der Waals surface area contributed by atoms with Crippen LogP contribution in [0.15, 0.2) is 0 Å². The van der Waals surface area contributed by atoms with Gasteiger partial charge in [0.05, 0.1) is 6.61 Å². The highest BCUT2D eigenvalue weighted by molar-refractivity contribution is 4.93. The Morgan fingerprint density at radius 2 is 2.22 bits per heavy atom. The van der Waals surface area contributed by atoms with Gasteiger partial charge in [-0.05, 0) is 6.42 Å². The first-order valence-electron chi connectivity index (χ1n) is 3.47. The molecule has 2 N–H and O–H groups in total. The van der Waals surface area contributed by atoms with Gasteiger partial charge in [0.15, 0.2) is 0 Å². The molecule has 0 aromatic heterocycles. The average Bonchev–Trinajstić information content (AvgIpc) is 1.87. The van der Waals surface area contributed by atoms with Crippen LogP contribution in [0.2, 0.25) is 0 Å². The summed E-state index contributed by atoms with van der Waals surface area (Å²) in [4.78, 5) is 5.14. The van der Waals surface area contributed by atoms with Gasteiger partial charge in [0, 0.05) is 25.0 Å². The molecule has 0 radical (unpaired) electrons. The molecule has 2 rings (SSSR count). The predicted octanol–water partition coefficient (Wildman–Crippen LogP) is -0.499. The third-order valence-electron chi connectivity index (χ3n) is 2.24. The van der Waals surface area contributed by atoms with Crippen molar-refractivity contribution >= 4 is 0 Å². The highest BCUT2D eigenvalue weighted by Crippen LogP contribution is 2.28. The van der Waals surface area contributed by atoms with E-state index in [1.807, 2.05) is 0 Å². The SMILES string of the molecule is C1CC2(CNC2)CON1. The van der Waals surface area contributed by atoms with Gasteiger partial charge in [0.2, 0.25) is 0 Å². The third-order valence-corrected chi connectivity index (χ3v) is 2.24.